The van der Waals surface area contributed by atoms with Gasteiger partial charge in [-0.25, -0.2) is 19.6 Å². The molecule has 0 spiro atoms. The first-order chi connectivity index (χ1) is 7.20. The van der Waals surface area contributed by atoms with Gasteiger partial charge in [0.05, 0.1) is 0 Å². The molecular formula is C9H12F2N4. The van der Waals surface area contributed by atoms with Gasteiger partial charge >= 0.3 is 0 Å². The summed E-state index contributed by atoms with van der Waals surface area (Å²) in [5.41, 5.74) is 2.07. The van der Waals surface area contributed by atoms with Crippen molar-refractivity contribution >= 4 is 11.6 Å². The van der Waals surface area contributed by atoms with Gasteiger partial charge in [-0.3, -0.25) is 0 Å². The van der Waals surface area contributed by atoms with E-state index in [1.807, 2.05) is 0 Å². The van der Waals surface area contributed by atoms with Crippen molar-refractivity contribution in [1.29, 1.82) is 0 Å². The smallest absolute Gasteiger partial charge is 0.178 e. The van der Waals surface area contributed by atoms with Crippen molar-refractivity contribution in [3.05, 3.63) is 17.7 Å². The Morgan fingerprint density at radius 3 is 2.60 bits per heavy atom. The maximum Gasteiger partial charge on any atom is 0.178 e. The summed E-state index contributed by atoms with van der Waals surface area (Å²) in [6.45, 7) is 0.666. The third-order valence-corrected chi connectivity index (χ3v) is 2.32. The third kappa shape index (κ3) is 2.33. The molecule has 1 fully saturated rings. The minimum Gasteiger partial charge on any atom is -0.367 e. The molecule has 6 heteroatoms. The van der Waals surface area contributed by atoms with Gasteiger partial charge in [0.25, 0.3) is 0 Å². The Kier molecular flexibility index (Phi) is 2.68. The summed E-state index contributed by atoms with van der Waals surface area (Å²) in [6.07, 6.45) is 2.30. The molecule has 0 aromatic carbocycles. The van der Waals surface area contributed by atoms with E-state index in [1.165, 1.54) is 0 Å². The maximum absolute atomic E-state index is 13.2. The predicted octanol–water partition coefficient (Wildman–Crippen LogP) is 1.47. The average molecular weight is 214 g/mol. The molecule has 0 aliphatic heterocycles. The highest BCUT2D eigenvalue weighted by Gasteiger charge is 2.21. The number of hydrogen-bond acceptors (Lipinski definition) is 4. The number of hydrogen-bond donors (Lipinski definition) is 3. The Hall–Kier alpha value is -1.43. The van der Waals surface area contributed by atoms with E-state index in [0.29, 0.717) is 12.5 Å². The number of rotatable bonds is 4. The zero-order chi connectivity index (χ0) is 10.8. The maximum atomic E-state index is 13.2. The number of nitrogens with one attached hydrogen (secondary N) is 2. The molecule has 1 heterocycles. The SMILES string of the molecule is NNc1nc(NCC2CC2)c(F)cc1F. The van der Waals surface area contributed by atoms with Crippen molar-refractivity contribution in [1.82, 2.24) is 4.98 Å². The van der Waals surface area contributed by atoms with Crippen LogP contribution >= 0.6 is 0 Å². The highest BCUT2D eigenvalue weighted by atomic mass is 19.1. The minimum absolute atomic E-state index is 0.0382. The van der Waals surface area contributed by atoms with E-state index in [0.717, 1.165) is 18.9 Å². The van der Waals surface area contributed by atoms with Crippen molar-refractivity contribution in [3.8, 4) is 0 Å². The summed E-state index contributed by atoms with van der Waals surface area (Å²) >= 11 is 0. The van der Waals surface area contributed by atoms with Crippen LogP contribution in [-0.2, 0) is 0 Å². The lowest BCUT2D eigenvalue weighted by Crippen LogP contribution is -2.14. The number of pyridine rings is 1. The van der Waals surface area contributed by atoms with Crippen LogP contribution in [0.15, 0.2) is 6.07 Å². The van der Waals surface area contributed by atoms with E-state index in [1.54, 1.807) is 0 Å². The highest BCUT2D eigenvalue weighted by Crippen LogP contribution is 2.29. The number of anilines is 2. The number of nitrogens with two attached hydrogens (primary N) is 1. The van der Waals surface area contributed by atoms with Crippen molar-refractivity contribution in [2.24, 2.45) is 11.8 Å². The van der Waals surface area contributed by atoms with Gasteiger partial charge in [0.1, 0.15) is 0 Å². The first-order valence-electron chi connectivity index (χ1n) is 4.77. The zero-order valence-electron chi connectivity index (χ0n) is 8.06. The van der Waals surface area contributed by atoms with Gasteiger partial charge < -0.3 is 10.7 Å². The molecule has 0 saturated heterocycles. The number of halogens is 2. The fourth-order valence-electron chi connectivity index (χ4n) is 1.25. The van der Waals surface area contributed by atoms with E-state index in [9.17, 15) is 8.78 Å². The molecule has 1 aromatic heterocycles. The van der Waals surface area contributed by atoms with E-state index < -0.39 is 11.6 Å². The van der Waals surface area contributed by atoms with Gasteiger partial charge in [0, 0.05) is 12.6 Å². The van der Waals surface area contributed by atoms with E-state index in [2.05, 4.69) is 15.7 Å². The molecule has 4 nitrogen and oxygen atoms in total. The second kappa shape index (κ2) is 3.98. The van der Waals surface area contributed by atoms with Crippen LogP contribution in [0.5, 0.6) is 0 Å². The standard InChI is InChI=1S/C9H12F2N4/c10-6-3-7(11)9(15-12)14-8(6)13-4-5-1-2-5/h3,5H,1-2,4,12H2,(H2,13,14,15). The first kappa shape index (κ1) is 10.1. The Balaban J connectivity index is 2.13. The van der Waals surface area contributed by atoms with Gasteiger partial charge in [-0.05, 0) is 18.8 Å². The zero-order valence-corrected chi connectivity index (χ0v) is 8.06. The molecular weight excluding hydrogens is 202 g/mol. The fraction of sp³-hybridized carbons (Fsp3) is 0.444. The molecule has 0 atom stereocenters. The summed E-state index contributed by atoms with van der Waals surface area (Å²) in [7, 11) is 0. The molecule has 4 N–H and O–H groups in total. The van der Waals surface area contributed by atoms with Crippen LogP contribution in [0.3, 0.4) is 0 Å². The van der Waals surface area contributed by atoms with Crippen LogP contribution in [0, 0.1) is 17.6 Å². The van der Waals surface area contributed by atoms with E-state index in [4.69, 9.17) is 5.84 Å². The highest BCUT2D eigenvalue weighted by molar-refractivity contribution is 5.46. The number of nitrogens with zero attached hydrogens (tertiary/aromatic N) is 1. The van der Waals surface area contributed by atoms with Crippen LogP contribution in [0.4, 0.5) is 20.4 Å². The second-order valence-corrected chi connectivity index (χ2v) is 3.62. The van der Waals surface area contributed by atoms with Crippen LogP contribution in [0.25, 0.3) is 0 Å². The van der Waals surface area contributed by atoms with Crippen LogP contribution in [0.2, 0.25) is 0 Å². The van der Waals surface area contributed by atoms with Crippen molar-refractivity contribution in [3.63, 3.8) is 0 Å². The second-order valence-electron chi connectivity index (χ2n) is 3.62. The van der Waals surface area contributed by atoms with Crippen LogP contribution < -0.4 is 16.6 Å². The van der Waals surface area contributed by atoms with E-state index >= 15 is 0 Å². The summed E-state index contributed by atoms with van der Waals surface area (Å²) in [4.78, 5) is 3.69. The minimum atomic E-state index is -0.799. The number of nitrogen functional groups attached to an aromatic ring is 1. The van der Waals surface area contributed by atoms with Gasteiger partial charge in [-0.15, -0.1) is 0 Å². The topological polar surface area (TPSA) is 63.0 Å². The Morgan fingerprint density at radius 2 is 2.00 bits per heavy atom. The van der Waals surface area contributed by atoms with Gasteiger partial charge in [0.2, 0.25) is 0 Å². The first-order valence-corrected chi connectivity index (χ1v) is 4.77. The lowest BCUT2D eigenvalue weighted by Gasteiger charge is -2.08. The Morgan fingerprint density at radius 1 is 1.33 bits per heavy atom. The lowest BCUT2D eigenvalue weighted by molar-refractivity contribution is 0.577. The largest absolute Gasteiger partial charge is 0.367 e. The van der Waals surface area contributed by atoms with Gasteiger partial charge in [-0.2, -0.15) is 0 Å². The summed E-state index contributed by atoms with van der Waals surface area (Å²) in [6, 6.07) is 0.761. The summed E-state index contributed by atoms with van der Waals surface area (Å²) in [5, 5.41) is 2.83. The Labute approximate surface area is 85.8 Å². The lowest BCUT2D eigenvalue weighted by atomic mass is 10.3. The van der Waals surface area contributed by atoms with Crippen LogP contribution in [0.1, 0.15) is 12.8 Å². The van der Waals surface area contributed by atoms with Crippen LogP contribution in [-0.4, -0.2) is 11.5 Å². The normalized spacial score (nSPS) is 15.1. The molecule has 82 valence electrons. The third-order valence-electron chi connectivity index (χ3n) is 2.32. The molecule has 0 radical (unpaired) electrons. The fourth-order valence-corrected chi connectivity index (χ4v) is 1.25. The van der Waals surface area contributed by atoms with Gasteiger partial charge in [0.15, 0.2) is 23.3 Å². The molecule has 1 aromatic rings. The predicted molar refractivity (Wildman–Crippen MR) is 53.2 cm³/mol. The van der Waals surface area contributed by atoms with Crippen molar-refractivity contribution < 1.29 is 8.78 Å². The molecule has 0 amide bonds. The summed E-state index contributed by atoms with van der Waals surface area (Å²) in [5.74, 6) is 4.00. The number of hydrazine groups is 1. The molecule has 2 rings (SSSR count). The quantitative estimate of drug-likeness (QED) is 0.524. The molecule has 0 bridgehead atoms. The number of aromatic nitrogens is 1. The molecule has 1 saturated carbocycles. The monoisotopic (exact) mass is 214 g/mol. The summed E-state index contributed by atoms with van der Waals surface area (Å²) < 4.78 is 26.2. The van der Waals surface area contributed by atoms with Gasteiger partial charge in [-0.1, -0.05) is 0 Å². The average Bonchev–Trinajstić information content (AvgIpc) is 3.00. The molecule has 15 heavy (non-hydrogen) atoms. The van der Waals surface area contributed by atoms with E-state index in [-0.39, 0.29) is 11.6 Å². The van der Waals surface area contributed by atoms with Crippen molar-refractivity contribution in [2.75, 3.05) is 17.3 Å². The molecule has 1 aliphatic carbocycles. The van der Waals surface area contributed by atoms with Crippen molar-refractivity contribution in [2.45, 2.75) is 12.8 Å². The molecule has 1 aliphatic rings. The Bertz CT molecular complexity index is 365. The molecule has 0 unspecified atom stereocenters.